The van der Waals surface area contributed by atoms with Crippen LogP contribution in [0.1, 0.15) is 18.1 Å². The first kappa shape index (κ1) is 11.6. The minimum absolute atomic E-state index is 0.150. The molecule has 0 spiro atoms. The molecule has 15 heavy (non-hydrogen) atoms. The quantitative estimate of drug-likeness (QED) is 0.746. The van der Waals surface area contributed by atoms with Crippen LogP contribution >= 0.6 is 0 Å². The zero-order valence-corrected chi connectivity index (χ0v) is 8.27. The number of ether oxygens (including phenoxy) is 1. The number of hydrogen-bond acceptors (Lipinski definition) is 1. The zero-order chi connectivity index (χ0) is 11.5. The van der Waals surface area contributed by atoms with Crippen molar-refractivity contribution in [3.8, 4) is 5.75 Å². The molecule has 0 amide bonds. The molecule has 1 rings (SSSR count). The molecule has 4 heteroatoms. The summed E-state index contributed by atoms with van der Waals surface area (Å²) in [6.07, 6.45) is -2.84. The highest BCUT2D eigenvalue weighted by molar-refractivity contribution is 5.58. The Balaban J connectivity index is 3.16. The van der Waals surface area contributed by atoms with Gasteiger partial charge in [-0.25, -0.2) is 0 Å². The van der Waals surface area contributed by atoms with Gasteiger partial charge in [-0.15, -0.1) is 13.2 Å². The van der Waals surface area contributed by atoms with E-state index in [0.717, 1.165) is 0 Å². The molecule has 1 nitrogen and oxygen atoms in total. The van der Waals surface area contributed by atoms with Gasteiger partial charge in [-0.05, 0) is 12.0 Å². The Hall–Kier alpha value is -1.45. The molecule has 0 bridgehead atoms. The van der Waals surface area contributed by atoms with Crippen molar-refractivity contribution in [1.82, 2.24) is 0 Å². The fraction of sp³-hybridized carbons (Fsp3) is 0.273. The van der Waals surface area contributed by atoms with Crippen molar-refractivity contribution in [1.29, 1.82) is 0 Å². The molecule has 1 aromatic rings. The molecular weight excluding hydrogens is 205 g/mol. The third-order valence-electron chi connectivity index (χ3n) is 1.95. The van der Waals surface area contributed by atoms with Crippen LogP contribution < -0.4 is 4.74 Å². The van der Waals surface area contributed by atoms with E-state index in [2.05, 4.69) is 11.3 Å². The Labute approximate surface area is 86.2 Å². The predicted molar refractivity (Wildman–Crippen MR) is 52.6 cm³/mol. The van der Waals surface area contributed by atoms with Crippen molar-refractivity contribution in [2.24, 2.45) is 0 Å². The van der Waals surface area contributed by atoms with Gasteiger partial charge in [0, 0.05) is 5.56 Å². The molecule has 0 radical (unpaired) electrons. The van der Waals surface area contributed by atoms with Gasteiger partial charge in [0.15, 0.2) is 0 Å². The first-order valence-electron chi connectivity index (χ1n) is 4.48. The van der Waals surface area contributed by atoms with Crippen LogP contribution in [-0.2, 0) is 6.42 Å². The van der Waals surface area contributed by atoms with Crippen molar-refractivity contribution < 1.29 is 17.9 Å². The van der Waals surface area contributed by atoms with Crippen molar-refractivity contribution >= 4 is 6.08 Å². The molecule has 0 N–H and O–H groups in total. The van der Waals surface area contributed by atoms with E-state index < -0.39 is 6.36 Å². The fourth-order valence-corrected chi connectivity index (χ4v) is 1.28. The lowest BCUT2D eigenvalue weighted by atomic mass is 10.1. The highest BCUT2D eigenvalue weighted by Crippen LogP contribution is 2.31. The third kappa shape index (κ3) is 3.01. The van der Waals surface area contributed by atoms with Crippen LogP contribution in [0.2, 0.25) is 0 Å². The van der Waals surface area contributed by atoms with E-state index in [1.54, 1.807) is 19.1 Å². The first-order valence-corrected chi connectivity index (χ1v) is 4.48. The van der Waals surface area contributed by atoms with E-state index in [-0.39, 0.29) is 5.75 Å². The topological polar surface area (TPSA) is 9.23 Å². The summed E-state index contributed by atoms with van der Waals surface area (Å²) in [7, 11) is 0. The molecule has 1 aromatic carbocycles. The molecule has 0 saturated carbocycles. The maximum atomic E-state index is 12.1. The summed E-state index contributed by atoms with van der Waals surface area (Å²) in [6, 6.07) is 4.82. The summed E-state index contributed by atoms with van der Waals surface area (Å²) in [4.78, 5) is 0. The number of hydrogen-bond donors (Lipinski definition) is 0. The monoisotopic (exact) mass is 216 g/mol. The van der Waals surface area contributed by atoms with Crippen LogP contribution in [0.25, 0.3) is 6.08 Å². The zero-order valence-electron chi connectivity index (χ0n) is 8.27. The maximum absolute atomic E-state index is 12.1. The Morgan fingerprint density at radius 3 is 2.53 bits per heavy atom. The Morgan fingerprint density at radius 1 is 1.40 bits per heavy atom. The second-order valence-corrected chi connectivity index (χ2v) is 2.94. The molecule has 0 saturated heterocycles. The number of rotatable bonds is 3. The minimum atomic E-state index is -4.66. The van der Waals surface area contributed by atoms with Crippen molar-refractivity contribution in [3.63, 3.8) is 0 Å². The van der Waals surface area contributed by atoms with Crippen LogP contribution in [0.3, 0.4) is 0 Å². The Morgan fingerprint density at radius 2 is 2.07 bits per heavy atom. The predicted octanol–water partition coefficient (Wildman–Crippen LogP) is 3.79. The molecule has 0 aliphatic carbocycles. The van der Waals surface area contributed by atoms with Gasteiger partial charge in [-0.2, -0.15) is 0 Å². The molecule has 0 fully saturated rings. The van der Waals surface area contributed by atoms with Gasteiger partial charge in [0.05, 0.1) is 0 Å². The van der Waals surface area contributed by atoms with E-state index in [4.69, 9.17) is 0 Å². The van der Waals surface area contributed by atoms with Crippen molar-refractivity contribution in [2.75, 3.05) is 0 Å². The summed E-state index contributed by atoms with van der Waals surface area (Å²) in [6.45, 7) is 5.22. The van der Waals surface area contributed by atoms with Crippen LogP contribution in [0.4, 0.5) is 13.2 Å². The average Bonchev–Trinajstić information content (AvgIpc) is 2.16. The lowest BCUT2D eigenvalue weighted by Gasteiger charge is -2.14. The van der Waals surface area contributed by atoms with Gasteiger partial charge in [-0.3, -0.25) is 0 Å². The van der Waals surface area contributed by atoms with Crippen LogP contribution in [0, 0.1) is 0 Å². The number of aryl methyl sites for hydroxylation is 1. The molecule has 0 aliphatic rings. The van der Waals surface area contributed by atoms with Crippen molar-refractivity contribution in [3.05, 3.63) is 35.9 Å². The summed E-state index contributed by atoms with van der Waals surface area (Å²) < 4.78 is 40.3. The largest absolute Gasteiger partial charge is 0.573 e. The smallest absolute Gasteiger partial charge is 0.405 e. The molecule has 82 valence electrons. The summed E-state index contributed by atoms with van der Waals surface area (Å²) >= 11 is 0. The van der Waals surface area contributed by atoms with Gasteiger partial charge in [0.2, 0.25) is 0 Å². The van der Waals surface area contributed by atoms with E-state index in [0.29, 0.717) is 17.5 Å². The standard InChI is InChI=1S/C11H11F3O/c1-3-8-6-5-7-9(4-2)10(8)15-11(12,13)14/h3,5-7H,1,4H2,2H3. The SMILES string of the molecule is C=Cc1cccc(CC)c1OC(F)(F)F. The lowest BCUT2D eigenvalue weighted by Crippen LogP contribution is -2.18. The van der Waals surface area contributed by atoms with Crippen LogP contribution in [0.5, 0.6) is 5.75 Å². The Kier molecular flexibility index (Phi) is 3.39. The molecule has 0 aliphatic heterocycles. The molecule has 0 atom stereocenters. The normalized spacial score (nSPS) is 11.2. The van der Waals surface area contributed by atoms with Gasteiger partial charge in [0.25, 0.3) is 0 Å². The number of halogens is 3. The van der Waals surface area contributed by atoms with Crippen molar-refractivity contribution in [2.45, 2.75) is 19.7 Å². The maximum Gasteiger partial charge on any atom is 0.573 e. The first-order chi connectivity index (χ1) is 6.98. The highest BCUT2D eigenvalue weighted by atomic mass is 19.4. The summed E-state index contributed by atoms with van der Waals surface area (Å²) in [5.74, 6) is -0.150. The van der Waals surface area contributed by atoms with Gasteiger partial charge in [-0.1, -0.05) is 37.8 Å². The van der Waals surface area contributed by atoms with E-state index in [9.17, 15) is 13.2 Å². The lowest BCUT2D eigenvalue weighted by molar-refractivity contribution is -0.275. The van der Waals surface area contributed by atoms with Crippen LogP contribution in [-0.4, -0.2) is 6.36 Å². The third-order valence-corrected chi connectivity index (χ3v) is 1.95. The molecule has 0 heterocycles. The fourth-order valence-electron chi connectivity index (χ4n) is 1.28. The summed E-state index contributed by atoms with van der Waals surface area (Å²) in [5.41, 5.74) is 0.872. The van der Waals surface area contributed by atoms with Crippen LogP contribution in [0.15, 0.2) is 24.8 Å². The van der Waals surface area contributed by atoms with Gasteiger partial charge < -0.3 is 4.74 Å². The number of para-hydroxylation sites is 1. The highest BCUT2D eigenvalue weighted by Gasteiger charge is 2.32. The molecule has 0 unspecified atom stereocenters. The minimum Gasteiger partial charge on any atom is -0.405 e. The summed E-state index contributed by atoms with van der Waals surface area (Å²) in [5, 5.41) is 0. The molecular formula is C11H11F3O. The van der Waals surface area contributed by atoms with E-state index in [1.165, 1.54) is 12.1 Å². The Bertz CT molecular complexity index is 355. The number of benzene rings is 1. The van der Waals surface area contributed by atoms with E-state index in [1.807, 2.05) is 0 Å². The van der Waals surface area contributed by atoms with E-state index >= 15 is 0 Å². The van der Waals surface area contributed by atoms with Gasteiger partial charge >= 0.3 is 6.36 Å². The number of alkyl halides is 3. The molecule has 0 aromatic heterocycles. The average molecular weight is 216 g/mol. The second-order valence-electron chi connectivity index (χ2n) is 2.94. The second kappa shape index (κ2) is 4.38. The van der Waals surface area contributed by atoms with Gasteiger partial charge in [0.1, 0.15) is 5.75 Å².